The number of amides is 1. The number of nitrogens with zero attached hydrogens (tertiary/aromatic N) is 2. The second-order valence-corrected chi connectivity index (χ2v) is 5.22. The first-order chi connectivity index (χ1) is 10.1. The van der Waals surface area contributed by atoms with Gasteiger partial charge in [-0.25, -0.2) is 4.98 Å². The van der Waals surface area contributed by atoms with Gasteiger partial charge in [-0.1, -0.05) is 0 Å². The summed E-state index contributed by atoms with van der Waals surface area (Å²) in [6.07, 6.45) is 1.66. The van der Waals surface area contributed by atoms with Crippen LogP contribution in [0.5, 0.6) is 5.75 Å². The highest BCUT2D eigenvalue weighted by Gasteiger charge is 2.23. The van der Waals surface area contributed by atoms with E-state index in [-0.39, 0.29) is 18.2 Å². The summed E-state index contributed by atoms with van der Waals surface area (Å²) in [6.45, 7) is 0.224. The monoisotopic (exact) mass is 306 g/mol. The zero-order valence-corrected chi connectivity index (χ0v) is 11.5. The quantitative estimate of drug-likeness (QED) is 0.661. The highest BCUT2D eigenvalue weighted by molar-refractivity contribution is 7.09. The predicted octanol–water partition coefficient (Wildman–Crippen LogP) is 1.99. The van der Waals surface area contributed by atoms with Crippen molar-refractivity contribution in [2.75, 3.05) is 17.2 Å². The molecule has 0 radical (unpaired) electrons. The van der Waals surface area contributed by atoms with Crippen molar-refractivity contribution >= 4 is 34.3 Å². The van der Waals surface area contributed by atoms with E-state index < -0.39 is 4.92 Å². The number of hydrogen-bond acceptors (Lipinski definition) is 7. The van der Waals surface area contributed by atoms with Crippen LogP contribution in [0.2, 0.25) is 0 Å². The number of carbonyl (C=O) groups excluding carboxylic acids is 1. The van der Waals surface area contributed by atoms with Crippen LogP contribution in [0.25, 0.3) is 0 Å². The summed E-state index contributed by atoms with van der Waals surface area (Å²) in [5.41, 5.74) is 0.611. The highest BCUT2D eigenvalue weighted by Crippen LogP contribution is 2.37. The van der Waals surface area contributed by atoms with E-state index in [1.165, 1.54) is 23.5 Å². The molecule has 2 heterocycles. The Balaban J connectivity index is 1.91. The molecule has 3 rings (SSSR count). The van der Waals surface area contributed by atoms with Crippen LogP contribution in [-0.4, -0.2) is 22.4 Å². The summed E-state index contributed by atoms with van der Waals surface area (Å²) < 4.78 is 5.18. The summed E-state index contributed by atoms with van der Waals surface area (Å²) in [5, 5.41) is 19.4. The fourth-order valence-corrected chi connectivity index (χ4v) is 2.48. The maximum Gasteiger partial charge on any atom is 0.296 e. The van der Waals surface area contributed by atoms with Crippen molar-refractivity contribution in [3.63, 3.8) is 0 Å². The van der Waals surface area contributed by atoms with Crippen molar-refractivity contribution in [3.8, 4) is 5.75 Å². The average molecular weight is 306 g/mol. The Hall–Kier alpha value is -2.68. The molecule has 0 fully saturated rings. The van der Waals surface area contributed by atoms with Crippen LogP contribution < -0.4 is 15.4 Å². The van der Waals surface area contributed by atoms with Crippen LogP contribution in [0.3, 0.4) is 0 Å². The molecule has 1 amide bonds. The number of nitro benzene ring substituents is 1. The van der Waals surface area contributed by atoms with Crippen LogP contribution >= 0.6 is 11.3 Å². The summed E-state index contributed by atoms with van der Waals surface area (Å²) in [5.74, 6) is 0.00308. The molecule has 1 aromatic heterocycles. The number of rotatable bonds is 4. The van der Waals surface area contributed by atoms with Gasteiger partial charge in [0.1, 0.15) is 10.7 Å². The summed E-state index contributed by atoms with van der Waals surface area (Å²) >= 11 is 1.45. The first-order valence-corrected chi connectivity index (χ1v) is 6.89. The standard InChI is InChI=1S/C12H10N4O4S/c17-11-6-20-10-4-9(16(18)19)7(3-8(10)15-11)14-5-12-13-1-2-21-12/h1-4,14H,5-6H2,(H,15,17). The zero-order chi connectivity index (χ0) is 14.8. The molecule has 0 aliphatic carbocycles. The average Bonchev–Trinajstić information content (AvgIpc) is 2.97. The minimum Gasteiger partial charge on any atom is -0.481 e. The molecule has 0 saturated carbocycles. The minimum atomic E-state index is -0.496. The second-order valence-electron chi connectivity index (χ2n) is 4.24. The molecular weight excluding hydrogens is 296 g/mol. The Morgan fingerprint density at radius 3 is 3.10 bits per heavy atom. The molecule has 9 heteroatoms. The van der Waals surface area contributed by atoms with E-state index in [1.54, 1.807) is 6.20 Å². The second kappa shape index (κ2) is 5.37. The maximum absolute atomic E-state index is 11.3. The lowest BCUT2D eigenvalue weighted by atomic mass is 10.2. The van der Waals surface area contributed by atoms with Gasteiger partial charge in [0.2, 0.25) is 0 Å². The lowest BCUT2D eigenvalue weighted by Gasteiger charge is -2.18. The van der Waals surface area contributed by atoms with Gasteiger partial charge in [-0.15, -0.1) is 11.3 Å². The van der Waals surface area contributed by atoms with Crippen LogP contribution in [0.15, 0.2) is 23.7 Å². The molecule has 0 bridgehead atoms. The number of nitrogens with one attached hydrogen (secondary N) is 2. The molecule has 108 valence electrons. The van der Waals surface area contributed by atoms with E-state index in [0.717, 1.165) is 5.01 Å². The van der Waals surface area contributed by atoms with Crippen LogP contribution in [0.1, 0.15) is 5.01 Å². The van der Waals surface area contributed by atoms with Gasteiger partial charge in [0.25, 0.3) is 11.6 Å². The Labute approximate surface area is 122 Å². The Morgan fingerprint density at radius 2 is 2.38 bits per heavy atom. The molecule has 1 aliphatic rings. The molecule has 1 aromatic carbocycles. The Morgan fingerprint density at radius 1 is 1.52 bits per heavy atom. The normalized spacial score (nSPS) is 13.0. The smallest absolute Gasteiger partial charge is 0.296 e. The third-order valence-electron chi connectivity index (χ3n) is 2.84. The number of aromatic nitrogens is 1. The fraction of sp³-hybridized carbons (Fsp3) is 0.167. The molecule has 0 spiro atoms. The number of ether oxygens (including phenoxy) is 1. The fourth-order valence-electron chi connectivity index (χ4n) is 1.92. The van der Waals surface area contributed by atoms with Crippen molar-refractivity contribution < 1.29 is 14.5 Å². The van der Waals surface area contributed by atoms with Crippen molar-refractivity contribution in [1.82, 2.24) is 4.98 Å². The number of anilines is 2. The minimum absolute atomic E-state index is 0.110. The van der Waals surface area contributed by atoms with Gasteiger partial charge in [0.15, 0.2) is 12.4 Å². The van der Waals surface area contributed by atoms with E-state index in [1.807, 2.05) is 5.38 Å². The van der Waals surface area contributed by atoms with E-state index in [2.05, 4.69) is 15.6 Å². The number of nitro groups is 1. The Bertz CT molecular complexity index is 702. The molecule has 8 nitrogen and oxygen atoms in total. The van der Waals surface area contributed by atoms with Gasteiger partial charge in [-0.2, -0.15) is 0 Å². The number of benzene rings is 1. The van der Waals surface area contributed by atoms with Gasteiger partial charge >= 0.3 is 0 Å². The van der Waals surface area contributed by atoms with E-state index in [9.17, 15) is 14.9 Å². The highest BCUT2D eigenvalue weighted by atomic mass is 32.1. The first kappa shape index (κ1) is 13.3. The third kappa shape index (κ3) is 2.77. The van der Waals surface area contributed by atoms with Gasteiger partial charge in [-0.3, -0.25) is 14.9 Å². The first-order valence-electron chi connectivity index (χ1n) is 6.01. The van der Waals surface area contributed by atoms with E-state index in [4.69, 9.17) is 4.74 Å². The third-order valence-corrected chi connectivity index (χ3v) is 3.62. The summed E-state index contributed by atoms with van der Waals surface area (Å²) in [7, 11) is 0. The molecule has 2 N–H and O–H groups in total. The zero-order valence-electron chi connectivity index (χ0n) is 10.7. The van der Waals surface area contributed by atoms with E-state index >= 15 is 0 Å². The number of thiazole rings is 1. The molecule has 0 atom stereocenters. The summed E-state index contributed by atoms with van der Waals surface area (Å²) in [6, 6.07) is 2.80. The van der Waals surface area contributed by atoms with E-state index in [0.29, 0.717) is 23.7 Å². The maximum atomic E-state index is 11.3. The SMILES string of the molecule is O=C1COc2cc([N+](=O)[O-])c(NCc3nccs3)cc2N1. The molecular formula is C12H10N4O4S. The van der Waals surface area contributed by atoms with Crippen molar-refractivity contribution in [3.05, 3.63) is 38.8 Å². The van der Waals surface area contributed by atoms with Crippen molar-refractivity contribution in [1.29, 1.82) is 0 Å². The lowest BCUT2D eigenvalue weighted by molar-refractivity contribution is -0.384. The number of fused-ring (bicyclic) bond motifs is 1. The topological polar surface area (TPSA) is 106 Å². The summed E-state index contributed by atoms with van der Waals surface area (Å²) in [4.78, 5) is 26.0. The van der Waals surface area contributed by atoms with Crippen LogP contribution in [0.4, 0.5) is 17.1 Å². The lowest BCUT2D eigenvalue weighted by Crippen LogP contribution is -2.25. The van der Waals surface area contributed by atoms with Crippen LogP contribution in [-0.2, 0) is 11.3 Å². The molecule has 1 aliphatic heterocycles. The predicted molar refractivity (Wildman–Crippen MR) is 76.7 cm³/mol. The molecule has 0 unspecified atom stereocenters. The molecule has 2 aromatic rings. The van der Waals surface area contributed by atoms with Gasteiger partial charge in [-0.05, 0) is 6.07 Å². The Kier molecular flexibility index (Phi) is 3.40. The van der Waals surface area contributed by atoms with Gasteiger partial charge in [0.05, 0.1) is 23.2 Å². The van der Waals surface area contributed by atoms with Crippen molar-refractivity contribution in [2.24, 2.45) is 0 Å². The van der Waals surface area contributed by atoms with Crippen molar-refractivity contribution in [2.45, 2.75) is 6.54 Å². The largest absolute Gasteiger partial charge is 0.481 e. The number of hydrogen-bond donors (Lipinski definition) is 2. The molecule has 21 heavy (non-hydrogen) atoms. The molecule has 0 saturated heterocycles. The van der Waals surface area contributed by atoms with Gasteiger partial charge < -0.3 is 15.4 Å². The number of carbonyl (C=O) groups is 1. The van der Waals surface area contributed by atoms with Crippen LogP contribution in [0, 0.1) is 10.1 Å². The van der Waals surface area contributed by atoms with Gasteiger partial charge in [0, 0.05) is 11.6 Å².